The summed E-state index contributed by atoms with van der Waals surface area (Å²) in [6, 6.07) is 9.89. The summed E-state index contributed by atoms with van der Waals surface area (Å²) in [5.41, 5.74) is 0.716. The Morgan fingerprint density at radius 2 is 2.08 bits per heavy atom. The molecule has 0 unspecified atom stereocenters. The normalized spacial score (nSPS) is 19.9. The van der Waals surface area contributed by atoms with E-state index >= 15 is 0 Å². The molecule has 2 atom stereocenters. The van der Waals surface area contributed by atoms with E-state index in [-0.39, 0.29) is 5.82 Å². The maximum absolute atomic E-state index is 13.1. The van der Waals surface area contributed by atoms with Gasteiger partial charge in [0.05, 0.1) is 6.21 Å². The smallest absolute Gasteiger partial charge is 0.216 e. The molecule has 122 valence electrons. The molecule has 0 spiro atoms. The molecule has 0 amide bonds. The van der Waals surface area contributed by atoms with Gasteiger partial charge in [0.25, 0.3) is 0 Å². The Kier molecular flexibility index (Phi) is 3.65. The van der Waals surface area contributed by atoms with E-state index < -0.39 is 0 Å². The fourth-order valence-electron chi connectivity index (χ4n) is 2.65. The van der Waals surface area contributed by atoms with Crippen molar-refractivity contribution in [1.29, 1.82) is 0 Å². The van der Waals surface area contributed by atoms with Crippen LogP contribution in [-0.2, 0) is 0 Å². The minimum absolute atomic E-state index is 0.305. The monoisotopic (exact) mass is 342 g/mol. The highest BCUT2D eigenvalue weighted by molar-refractivity contribution is 7.71. The maximum Gasteiger partial charge on any atom is 0.216 e. The highest BCUT2D eigenvalue weighted by Gasteiger charge is 2.36. The highest BCUT2D eigenvalue weighted by atomic mass is 32.1. The summed E-state index contributed by atoms with van der Waals surface area (Å²) in [5, 5.41) is 11.2. The van der Waals surface area contributed by atoms with Crippen molar-refractivity contribution >= 4 is 18.4 Å². The van der Waals surface area contributed by atoms with E-state index in [1.807, 2.05) is 12.1 Å². The number of nitrogens with zero attached hydrogens (tertiary/aromatic N) is 3. The molecule has 1 aromatic carbocycles. The van der Waals surface area contributed by atoms with Gasteiger partial charge in [-0.3, -0.25) is 0 Å². The lowest BCUT2D eigenvalue weighted by Gasteiger charge is -2.00. The van der Waals surface area contributed by atoms with Crippen LogP contribution in [-0.4, -0.2) is 21.1 Å². The minimum Gasteiger partial charge on any atom is -0.460 e. The van der Waals surface area contributed by atoms with Gasteiger partial charge in [-0.1, -0.05) is 6.92 Å². The molecular weight excluding hydrogens is 327 g/mol. The van der Waals surface area contributed by atoms with Crippen LogP contribution in [0.25, 0.3) is 11.4 Å². The van der Waals surface area contributed by atoms with Crippen molar-refractivity contribution in [2.75, 3.05) is 0 Å². The van der Waals surface area contributed by atoms with E-state index in [0.717, 1.165) is 5.76 Å². The summed E-state index contributed by atoms with van der Waals surface area (Å²) in [6.45, 7) is 2.21. The molecule has 1 aliphatic carbocycles. The molecule has 0 bridgehead atoms. The molecule has 2 heterocycles. The van der Waals surface area contributed by atoms with Gasteiger partial charge in [0, 0.05) is 11.5 Å². The summed E-state index contributed by atoms with van der Waals surface area (Å²) in [7, 11) is 0. The largest absolute Gasteiger partial charge is 0.460 e. The Balaban J connectivity index is 1.62. The van der Waals surface area contributed by atoms with Crippen LogP contribution in [0.2, 0.25) is 0 Å². The molecule has 7 heteroatoms. The Hall–Kier alpha value is -2.54. The van der Waals surface area contributed by atoms with Gasteiger partial charge in [0.2, 0.25) is 4.77 Å². The van der Waals surface area contributed by atoms with Crippen LogP contribution >= 0.6 is 12.2 Å². The summed E-state index contributed by atoms with van der Waals surface area (Å²) in [4.78, 5) is 0. The highest BCUT2D eigenvalue weighted by Crippen LogP contribution is 2.47. The molecule has 1 saturated carbocycles. The Labute approximate surface area is 142 Å². The van der Waals surface area contributed by atoms with E-state index in [2.05, 4.69) is 22.2 Å². The van der Waals surface area contributed by atoms with Crippen LogP contribution in [0.5, 0.6) is 0 Å². The zero-order valence-corrected chi connectivity index (χ0v) is 13.8. The average molecular weight is 342 g/mol. The third kappa shape index (κ3) is 2.82. The summed E-state index contributed by atoms with van der Waals surface area (Å²) in [6.07, 6.45) is 2.78. The first-order chi connectivity index (χ1) is 11.6. The number of rotatable bonds is 4. The quantitative estimate of drug-likeness (QED) is 0.566. The zero-order valence-electron chi connectivity index (χ0n) is 12.9. The molecule has 1 N–H and O–H groups in total. The first kappa shape index (κ1) is 15.0. The number of H-pyrrole nitrogens is 1. The minimum atomic E-state index is -0.305. The molecule has 0 saturated heterocycles. The van der Waals surface area contributed by atoms with Crippen molar-refractivity contribution in [1.82, 2.24) is 14.9 Å². The molecule has 2 aromatic heterocycles. The van der Waals surface area contributed by atoms with Gasteiger partial charge >= 0.3 is 0 Å². The van der Waals surface area contributed by atoms with Crippen molar-refractivity contribution < 1.29 is 8.81 Å². The van der Waals surface area contributed by atoms with Crippen molar-refractivity contribution in [2.24, 2.45) is 11.0 Å². The third-order valence-electron chi connectivity index (χ3n) is 4.18. The van der Waals surface area contributed by atoms with E-state index in [9.17, 15) is 4.39 Å². The van der Waals surface area contributed by atoms with Gasteiger partial charge in [0.1, 0.15) is 17.3 Å². The predicted molar refractivity (Wildman–Crippen MR) is 91.0 cm³/mol. The predicted octanol–water partition coefficient (Wildman–Crippen LogP) is 4.35. The molecule has 3 aromatic rings. The third-order valence-corrected chi connectivity index (χ3v) is 4.44. The van der Waals surface area contributed by atoms with Crippen LogP contribution in [0.3, 0.4) is 0 Å². The second-order valence-electron chi connectivity index (χ2n) is 5.98. The second kappa shape index (κ2) is 5.83. The van der Waals surface area contributed by atoms with Crippen LogP contribution < -0.4 is 0 Å². The lowest BCUT2D eigenvalue weighted by molar-refractivity contribution is 0.500. The summed E-state index contributed by atoms with van der Waals surface area (Å²) < 4.78 is 20.7. The SMILES string of the molecule is C[C@H]1C[C@@H]1c1ccc(/C=N\n2c(-c3ccc(F)cc3)n[nH]c2=S)o1. The standard InChI is InChI=1S/C17H15FN4OS/c1-10-8-14(10)15-7-6-13(23-15)9-19-22-16(20-21-17(22)24)11-2-4-12(18)5-3-11/h2-7,9-10,14H,8H2,1H3,(H,21,24)/b19-9-/t10-,14-/m0/s1. The second-order valence-corrected chi connectivity index (χ2v) is 6.36. The van der Waals surface area contributed by atoms with Gasteiger partial charge in [0.15, 0.2) is 5.82 Å². The average Bonchev–Trinajstić information content (AvgIpc) is 2.97. The van der Waals surface area contributed by atoms with Crippen LogP contribution in [0.4, 0.5) is 4.39 Å². The number of nitrogens with one attached hydrogen (secondary N) is 1. The fraction of sp³-hybridized carbons (Fsp3) is 0.235. The van der Waals surface area contributed by atoms with Crippen molar-refractivity contribution in [2.45, 2.75) is 19.3 Å². The van der Waals surface area contributed by atoms with Gasteiger partial charge < -0.3 is 4.42 Å². The van der Waals surface area contributed by atoms with Crippen LogP contribution in [0.1, 0.15) is 30.8 Å². The van der Waals surface area contributed by atoms with Gasteiger partial charge in [-0.25, -0.2) is 9.49 Å². The van der Waals surface area contributed by atoms with E-state index in [4.69, 9.17) is 16.6 Å². The zero-order chi connectivity index (χ0) is 16.7. The van der Waals surface area contributed by atoms with Crippen LogP contribution in [0.15, 0.2) is 45.9 Å². The van der Waals surface area contributed by atoms with Crippen molar-refractivity contribution in [3.63, 3.8) is 0 Å². The lowest BCUT2D eigenvalue weighted by atomic mass is 10.2. The number of halogens is 1. The van der Waals surface area contributed by atoms with Gasteiger partial charge in [-0.05, 0) is 61.0 Å². The van der Waals surface area contributed by atoms with Crippen molar-refractivity contribution in [3.05, 3.63) is 58.5 Å². The molecule has 24 heavy (non-hydrogen) atoms. The molecule has 0 radical (unpaired) electrons. The van der Waals surface area contributed by atoms with E-state index in [1.54, 1.807) is 18.3 Å². The van der Waals surface area contributed by atoms with Gasteiger partial charge in [-0.2, -0.15) is 14.9 Å². The topological polar surface area (TPSA) is 59.1 Å². The van der Waals surface area contributed by atoms with Crippen LogP contribution in [0, 0.1) is 16.5 Å². The van der Waals surface area contributed by atoms with E-state index in [0.29, 0.717) is 33.8 Å². The Morgan fingerprint density at radius 3 is 2.79 bits per heavy atom. The lowest BCUT2D eigenvalue weighted by Crippen LogP contribution is -1.94. The maximum atomic E-state index is 13.1. The number of hydrogen-bond acceptors (Lipinski definition) is 4. The van der Waals surface area contributed by atoms with Gasteiger partial charge in [-0.15, -0.1) is 0 Å². The summed E-state index contributed by atoms with van der Waals surface area (Å²) in [5.74, 6) is 3.08. The molecule has 5 nitrogen and oxygen atoms in total. The number of benzene rings is 1. The molecule has 1 fully saturated rings. The first-order valence-corrected chi connectivity index (χ1v) is 8.10. The number of aromatic amines is 1. The Morgan fingerprint density at radius 1 is 1.33 bits per heavy atom. The Bertz CT molecular complexity index is 954. The summed E-state index contributed by atoms with van der Waals surface area (Å²) >= 11 is 5.21. The number of furan rings is 1. The first-order valence-electron chi connectivity index (χ1n) is 7.69. The van der Waals surface area contributed by atoms with Crippen molar-refractivity contribution in [3.8, 4) is 11.4 Å². The molecular formula is C17H15FN4OS. The number of hydrogen-bond donors (Lipinski definition) is 1. The molecule has 4 rings (SSSR count). The number of aromatic nitrogens is 3. The fourth-order valence-corrected chi connectivity index (χ4v) is 2.83. The van der Waals surface area contributed by atoms with E-state index in [1.165, 1.54) is 23.2 Å². The molecule has 1 aliphatic rings. The molecule has 0 aliphatic heterocycles.